The SMILES string of the molecule is NC(=O)C1CCN(CC(=O)N2CCO[C@@H]3CCCC[C@@H]32)CC1. The van der Waals surface area contributed by atoms with Crippen LogP contribution in [0.1, 0.15) is 38.5 Å². The number of ether oxygens (including phenoxy) is 1. The van der Waals surface area contributed by atoms with Gasteiger partial charge in [-0.2, -0.15) is 0 Å². The summed E-state index contributed by atoms with van der Waals surface area (Å²) in [4.78, 5) is 28.1. The van der Waals surface area contributed by atoms with Gasteiger partial charge in [-0.1, -0.05) is 12.8 Å². The van der Waals surface area contributed by atoms with Crippen LogP contribution in [0.5, 0.6) is 0 Å². The van der Waals surface area contributed by atoms with Crippen molar-refractivity contribution in [3.8, 4) is 0 Å². The molecule has 1 saturated carbocycles. The lowest BCUT2D eigenvalue weighted by atomic mass is 9.90. The zero-order valence-corrected chi connectivity index (χ0v) is 13.2. The summed E-state index contributed by atoms with van der Waals surface area (Å²) in [6, 6.07) is 0.276. The van der Waals surface area contributed by atoms with Crippen molar-refractivity contribution in [1.29, 1.82) is 0 Å². The molecule has 0 aromatic rings. The van der Waals surface area contributed by atoms with Gasteiger partial charge < -0.3 is 15.4 Å². The molecule has 0 unspecified atom stereocenters. The van der Waals surface area contributed by atoms with Crippen LogP contribution in [-0.4, -0.2) is 66.5 Å². The highest BCUT2D eigenvalue weighted by molar-refractivity contribution is 5.79. The number of amides is 2. The normalized spacial score (nSPS) is 30.8. The molecule has 0 spiro atoms. The minimum absolute atomic E-state index is 0.0162. The van der Waals surface area contributed by atoms with Gasteiger partial charge >= 0.3 is 0 Å². The fraction of sp³-hybridized carbons (Fsp3) is 0.875. The molecule has 3 rings (SSSR count). The molecule has 0 bridgehead atoms. The molecule has 2 saturated heterocycles. The molecule has 3 fully saturated rings. The Morgan fingerprint density at radius 3 is 2.50 bits per heavy atom. The fourth-order valence-electron chi connectivity index (χ4n) is 4.06. The molecule has 22 heavy (non-hydrogen) atoms. The van der Waals surface area contributed by atoms with Gasteiger partial charge in [-0.3, -0.25) is 14.5 Å². The number of likely N-dealkylation sites (tertiary alicyclic amines) is 1. The van der Waals surface area contributed by atoms with E-state index in [-0.39, 0.29) is 29.9 Å². The predicted molar refractivity (Wildman–Crippen MR) is 82.1 cm³/mol. The van der Waals surface area contributed by atoms with Gasteiger partial charge in [-0.25, -0.2) is 0 Å². The number of nitrogens with two attached hydrogens (primary N) is 1. The van der Waals surface area contributed by atoms with Crippen LogP contribution >= 0.6 is 0 Å². The molecular formula is C16H27N3O3. The first-order valence-corrected chi connectivity index (χ1v) is 8.58. The first-order valence-electron chi connectivity index (χ1n) is 8.58. The second-order valence-electron chi connectivity index (χ2n) is 6.80. The summed E-state index contributed by atoms with van der Waals surface area (Å²) >= 11 is 0. The number of fused-ring (bicyclic) bond motifs is 1. The molecule has 2 N–H and O–H groups in total. The smallest absolute Gasteiger partial charge is 0.237 e. The third kappa shape index (κ3) is 3.43. The molecule has 0 aromatic carbocycles. The summed E-state index contributed by atoms with van der Waals surface area (Å²) in [6.07, 6.45) is 6.35. The molecule has 1 aliphatic carbocycles. The number of morpholine rings is 1. The first kappa shape index (κ1) is 15.7. The standard InChI is InChI=1S/C16H27N3O3/c17-16(21)12-5-7-18(8-6-12)11-15(20)19-9-10-22-14-4-2-1-3-13(14)19/h12-14H,1-11H2,(H2,17,21)/t13-,14+/m0/s1. The van der Waals surface area contributed by atoms with Crippen LogP contribution in [0.15, 0.2) is 0 Å². The Morgan fingerprint density at radius 2 is 1.77 bits per heavy atom. The molecule has 124 valence electrons. The molecule has 2 atom stereocenters. The second kappa shape index (κ2) is 6.96. The molecule has 0 radical (unpaired) electrons. The van der Waals surface area contributed by atoms with Crippen molar-refractivity contribution in [3.63, 3.8) is 0 Å². The van der Waals surface area contributed by atoms with Gasteiger partial charge in [-0.15, -0.1) is 0 Å². The van der Waals surface area contributed by atoms with Gasteiger partial charge in [0.2, 0.25) is 11.8 Å². The number of piperidine rings is 1. The number of hydrogen-bond acceptors (Lipinski definition) is 4. The van der Waals surface area contributed by atoms with Crippen molar-refractivity contribution in [2.45, 2.75) is 50.7 Å². The molecule has 6 nitrogen and oxygen atoms in total. The van der Waals surface area contributed by atoms with Crippen molar-refractivity contribution in [2.75, 3.05) is 32.8 Å². The maximum atomic E-state index is 12.7. The summed E-state index contributed by atoms with van der Waals surface area (Å²) in [5.41, 5.74) is 5.36. The number of nitrogens with zero attached hydrogens (tertiary/aromatic N) is 2. The molecule has 3 aliphatic rings. The Morgan fingerprint density at radius 1 is 1.05 bits per heavy atom. The van der Waals surface area contributed by atoms with Crippen LogP contribution in [0.3, 0.4) is 0 Å². The lowest BCUT2D eigenvalue weighted by molar-refractivity contribution is -0.151. The summed E-state index contributed by atoms with van der Waals surface area (Å²) in [5, 5.41) is 0. The van der Waals surface area contributed by atoms with Crippen molar-refractivity contribution in [2.24, 2.45) is 11.7 Å². The van der Waals surface area contributed by atoms with E-state index in [9.17, 15) is 9.59 Å². The average Bonchev–Trinajstić information content (AvgIpc) is 2.54. The van der Waals surface area contributed by atoms with Gasteiger partial charge in [0, 0.05) is 12.5 Å². The van der Waals surface area contributed by atoms with Gasteiger partial charge in [0.1, 0.15) is 0 Å². The van der Waals surface area contributed by atoms with Gasteiger partial charge in [0.15, 0.2) is 0 Å². The fourth-order valence-corrected chi connectivity index (χ4v) is 4.06. The molecular weight excluding hydrogens is 282 g/mol. The molecule has 2 heterocycles. The highest BCUT2D eigenvalue weighted by atomic mass is 16.5. The third-order valence-corrected chi connectivity index (χ3v) is 5.40. The van der Waals surface area contributed by atoms with Crippen LogP contribution in [0.4, 0.5) is 0 Å². The minimum atomic E-state index is -0.204. The highest BCUT2D eigenvalue weighted by Crippen LogP contribution is 2.28. The minimum Gasteiger partial charge on any atom is -0.374 e. The van der Waals surface area contributed by atoms with Crippen molar-refractivity contribution in [1.82, 2.24) is 9.80 Å². The number of rotatable bonds is 3. The van der Waals surface area contributed by atoms with E-state index in [0.717, 1.165) is 45.3 Å². The lowest BCUT2D eigenvalue weighted by Gasteiger charge is -2.44. The summed E-state index contributed by atoms with van der Waals surface area (Å²) < 4.78 is 5.83. The highest BCUT2D eigenvalue weighted by Gasteiger charge is 2.37. The Labute approximate surface area is 131 Å². The summed E-state index contributed by atoms with van der Waals surface area (Å²) in [6.45, 7) is 3.43. The number of hydrogen-bond donors (Lipinski definition) is 1. The maximum absolute atomic E-state index is 12.7. The zero-order chi connectivity index (χ0) is 15.5. The Hall–Kier alpha value is -1.14. The van der Waals surface area contributed by atoms with E-state index in [1.54, 1.807) is 0 Å². The molecule has 6 heteroatoms. The Kier molecular flexibility index (Phi) is 4.98. The molecule has 0 aromatic heterocycles. The van der Waals surface area contributed by atoms with E-state index in [1.165, 1.54) is 12.8 Å². The Bertz CT molecular complexity index is 419. The van der Waals surface area contributed by atoms with E-state index < -0.39 is 0 Å². The van der Waals surface area contributed by atoms with Gasteiger partial charge in [0.25, 0.3) is 0 Å². The van der Waals surface area contributed by atoms with Crippen molar-refractivity contribution < 1.29 is 14.3 Å². The quantitative estimate of drug-likeness (QED) is 0.816. The predicted octanol–water partition coefficient (Wildman–Crippen LogP) is 0.354. The summed E-state index contributed by atoms with van der Waals surface area (Å²) in [5.74, 6) is -0.000563. The van der Waals surface area contributed by atoms with Crippen LogP contribution < -0.4 is 5.73 Å². The topological polar surface area (TPSA) is 75.9 Å². The van der Waals surface area contributed by atoms with Gasteiger partial charge in [-0.05, 0) is 38.8 Å². The zero-order valence-electron chi connectivity index (χ0n) is 13.2. The lowest BCUT2D eigenvalue weighted by Crippen LogP contribution is -2.57. The number of carbonyl (C=O) groups is 2. The molecule has 2 aliphatic heterocycles. The first-order chi connectivity index (χ1) is 10.6. The molecule has 2 amide bonds. The number of primary amides is 1. The van der Waals surface area contributed by atoms with E-state index in [4.69, 9.17) is 10.5 Å². The van der Waals surface area contributed by atoms with Crippen LogP contribution in [0.2, 0.25) is 0 Å². The second-order valence-corrected chi connectivity index (χ2v) is 6.80. The largest absolute Gasteiger partial charge is 0.374 e. The third-order valence-electron chi connectivity index (χ3n) is 5.40. The van der Waals surface area contributed by atoms with E-state index >= 15 is 0 Å². The summed E-state index contributed by atoms with van der Waals surface area (Å²) in [7, 11) is 0. The van der Waals surface area contributed by atoms with E-state index in [1.807, 2.05) is 4.90 Å². The maximum Gasteiger partial charge on any atom is 0.237 e. The van der Waals surface area contributed by atoms with Gasteiger partial charge in [0.05, 0.1) is 25.3 Å². The van der Waals surface area contributed by atoms with E-state index in [2.05, 4.69) is 4.90 Å². The van der Waals surface area contributed by atoms with E-state index in [0.29, 0.717) is 13.2 Å². The Balaban J connectivity index is 1.52. The number of carbonyl (C=O) groups excluding carboxylic acids is 2. The van der Waals surface area contributed by atoms with Crippen LogP contribution in [0, 0.1) is 5.92 Å². The average molecular weight is 309 g/mol. The monoisotopic (exact) mass is 309 g/mol. The van der Waals surface area contributed by atoms with Crippen molar-refractivity contribution >= 4 is 11.8 Å². The van der Waals surface area contributed by atoms with Crippen molar-refractivity contribution in [3.05, 3.63) is 0 Å². The van der Waals surface area contributed by atoms with Crippen LogP contribution in [-0.2, 0) is 14.3 Å². The van der Waals surface area contributed by atoms with Crippen LogP contribution in [0.25, 0.3) is 0 Å².